The third-order valence-electron chi connectivity index (χ3n) is 1.65. The molecule has 0 unspecified atom stereocenters. The monoisotopic (exact) mass is 210 g/mol. The van der Waals surface area contributed by atoms with E-state index in [4.69, 9.17) is 0 Å². The zero-order valence-electron chi connectivity index (χ0n) is 11.9. The van der Waals surface area contributed by atoms with E-state index in [0.29, 0.717) is 5.92 Å². The van der Waals surface area contributed by atoms with E-state index in [1.54, 1.807) is 0 Å². The van der Waals surface area contributed by atoms with Crippen molar-refractivity contribution in [3.63, 3.8) is 0 Å². The van der Waals surface area contributed by atoms with Crippen molar-refractivity contribution in [3.8, 4) is 0 Å². The highest BCUT2D eigenvalue weighted by Gasteiger charge is 1.73. The molecule has 90 valence electrons. The number of hydrogen-bond donors (Lipinski definition) is 0. The van der Waals surface area contributed by atoms with Crippen LogP contribution in [-0.4, -0.2) is 0 Å². The first-order chi connectivity index (χ1) is 6.81. The molecule has 0 N–H and O–H groups in total. The number of rotatable bonds is 2. The summed E-state index contributed by atoms with van der Waals surface area (Å²) in [6.45, 7) is 21.8. The first-order valence-electron chi connectivity index (χ1n) is 5.68. The average molecular weight is 210 g/mol. The van der Waals surface area contributed by atoms with Gasteiger partial charge in [-0.15, -0.1) is 13.2 Å². The van der Waals surface area contributed by atoms with Crippen molar-refractivity contribution in [1.82, 2.24) is 0 Å². The maximum Gasteiger partial charge on any atom is -0.0293 e. The normalized spacial score (nSPS) is 7.73. The standard InChI is InChI=1S/3C5H10/c3*1-4-5(2)3/h4H,1-3H3;2,4H2,1,3H3;4-5H,1H2,2-3H3. The minimum Gasteiger partial charge on any atom is -0.103 e. The molecule has 15 heavy (non-hydrogen) atoms. The molecule has 0 heteroatoms. The Morgan fingerprint density at radius 3 is 1.40 bits per heavy atom. The molecule has 0 saturated heterocycles. The molecular weight excluding hydrogens is 180 g/mol. The van der Waals surface area contributed by atoms with Gasteiger partial charge >= 0.3 is 0 Å². The van der Waals surface area contributed by atoms with Crippen LogP contribution in [0.1, 0.15) is 54.9 Å². The van der Waals surface area contributed by atoms with Crippen LogP contribution in [0.5, 0.6) is 0 Å². The molecule has 0 aliphatic rings. The number of hydrogen-bond acceptors (Lipinski definition) is 0. The van der Waals surface area contributed by atoms with Gasteiger partial charge in [0.25, 0.3) is 0 Å². The molecule has 0 aromatic carbocycles. The van der Waals surface area contributed by atoms with Gasteiger partial charge in [-0.25, -0.2) is 0 Å². The predicted molar refractivity (Wildman–Crippen MR) is 75.2 cm³/mol. The van der Waals surface area contributed by atoms with Crippen LogP contribution in [0.4, 0.5) is 0 Å². The molecule has 0 aliphatic carbocycles. The highest BCUT2D eigenvalue weighted by Crippen LogP contribution is 1.88. The lowest BCUT2D eigenvalue weighted by Gasteiger charge is -1.84. The minimum atomic E-state index is 0.648. The first kappa shape index (κ1) is 19.7. The second-order valence-corrected chi connectivity index (χ2v) is 4.16. The molecule has 0 bridgehead atoms. The summed E-state index contributed by atoms with van der Waals surface area (Å²) >= 11 is 0. The number of allylic oxidation sites excluding steroid dienone is 4. The molecular formula is C15H30. The maximum absolute atomic E-state index is 3.67. The van der Waals surface area contributed by atoms with E-state index in [1.807, 2.05) is 19.9 Å². The molecule has 0 atom stereocenters. The Hall–Kier alpha value is -0.780. The summed E-state index contributed by atoms with van der Waals surface area (Å²) in [6.07, 6.45) is 5.11. The van der Waals surface area contributed by atoms with Crippen LogP contribution in [0.25, 0.3) is 0 Å². The summed E-state index contributed by atoms with van der Waals surface area (Å²) in [5, 5.41) is 0. The van der Waals surface area contributed by atoms with E-state index in [2.05, 4.69) is 53.9 Å². The van der Waals surface area contributed by atoms with Crippen LogP contribution in [0.15, 0.2) is 36.5 Å². The third kappa shape index (κ3) is 61.1. The second-order valence-electron chi connectivity index (χ2n) is 4.16. The summed E-state index contributed by atoms with van der Waals surface area (Å²) in [7, 11) is 0. The SMILES string of the molecule is C=C(C)CC.C=CC(C)C.CC=C(C)C. The van der Waals surface area contributed by atoms with Crippen molar-refractivity contribution >= 4 is 0 Å². The van der Waals surface area contributed by atoms with Crippen LogP contribution in [-0.2, 0) is 0 Å². The molecule has 0 radical (unpaired) electrons. The van der Waals surface area contributed by atoms with Gasteiger partial charge in [0, 0.05) is 0 Å². The van der Waals surface area contributed by atoms with Gasteiger partial charge in [-0.05, 0) is 40.0 Å². The topological polar surface area (TPSA) is 0 Å². The van der Waals surface area contributed by atoms with Crippen molar-refractivity contribution in [1.29, 1.82) is 0 Å². The predicted octanol–water partition coefficient (Wildman–Crippen LogP) is 5.77. The minimum absolute atomic E-state index is 0.648. The van der Waals surface area contributed by atoms with E-state index < -0.39 is 0 Å². The van der Waals surface area contributed by atoms with Crippen LogP contribution < -0.4 is 0 Å². The average Bonchev–Trinajstić information content (AvgIpc) is 2.19. The molecule has 0 saturated carbocycles. The summed E-state index contributed by atoms with van der Waals surface area (Å²) < 4.78 is 0. The highest BCUT2D eigenvalue weighted by atomic mass is 13.8. The Morgan fingerprint density at radius 1 is 1.20 bits per heavy atom. The van der Waals surface area contributed by atoms with E-state index in [9.17, 15) is 0 Å². The molecule has 0 amide bonds. The van der Waals surface area contributed by atoms with Gasteiger partial charge in [0.2, 0.25) is 0 Å². The lowest BCUT2D eigenvalue weighted by molar-refractivity contribution is 0.835. The molecule has 0 aromatic rings. The molecule has 0 aromatic heterocycles. The summed E-state index contributed by atoms with van der Waals surface area (Å²) in [4.78, 5) is 0. The fourth-order valence-electron chi connectivity index (χ4n) is 0. The van der Waals surface area contributed by atoms with Crippen molar-refractivity contribution in [2.75, 3.05) is 0 Å². The second kappa shape index (κ2) is 15.7. The summed E-state index contributed by atoms with van der Waals surface area (Å²) in [5.41, 5.74) is 2.63. The molecule has 0 aliphatic heterocycles. The van der Waals surface area contributed by atoms with Gasteiger partial charge in [-0.3, -0.25) is 0 Å². The fraction of sp³-hybridized carbons (Fsp3) is 0.600. The zero-order chi connectivity index (χ0) is 12.9. The summed E-state index contributed by atoms with van der Waals surface area (Å²) in [6, 6.07) is 0. The van der Waals surface area contributed by atoms with Crippen molar-refractivity contribution in [3.05, 3.63) is 36.5 Å². The molecule has 0 nitrogen and oxygen atoms in total. The van der Waals surface area contributed by atoms with Gasteiger partial charge in [0.05, 0.1) is 0 Å². The quantitative estimate of drug-likeness (QED) is 0.507. The largest absolute Gasteiger partial charge is 0.103 e. The molecule has 0 spiro atoms. The Kier molecular flexibility index (Phi) is 20.6. The zero-order valence-corrected chi connectivity index (χ0v) is 11.9. The Morgan fingerprint density at radius 2 is 1.40 bits per heavy atom. The van der Waals surface area contributed by atoms with E-state index in [-0.39, 0.29) is 0 Å². The van der Waals surface area contributed by atoms with Gasteiger partial charge < -0.3 is 0 Å². The Labute approximate surface area is 97.8 Å². The van der Waals surface area contributed by atoms with Gasteiger partial charge in [-0.2, -0.15) is 0 Å². The Balaban J connectivity index is -0.000000144. The van der Waals surface area contributed by atoms with Crippen molar-refractivity contribution < 1.29 is 0 Å². The fourth-order valence-corrected chi connectivity index (χ4v) is 0. The van der Waals surface area contributed by atoms with Crippen LogP contribution in [0, 0.1) is 5.92 Å². The van der Waals surface area contributed by atoms with Gasteiger partial charge in [-0.1, -0.05) is 44.1 Å². The Bertz CT molecular complexity index is 166. The maximum atomic E-state index is 3.67. The first-order valence-corrected chi connectivity index (χ1v) is 5.68. The van der Waals surface area contributed by atoms with Crippen molar-refractivity contribution in [2.24, 2.45) is 5.92 Å². The van der Waals surface area contributed by atoms with E-state index in [1.165, 1.54) is 11.1 Å². The van der Waals surface area contributed by atoms with Crippen LogP contribution in [0.3, 0.4) is 0 Å². The molecule has 0 heterocycles. The highest BCUT2D eigenvalue weighted by molar-refractivity contribution is 4.88. The van der Waals surface area contributed by atoms with Gasteiger partial charge in [0.15, 0.2) is 0 Å². The van der Waals surface area contributed by atoms with Crippen molar-refractivity contribution in [2.45, 2.75) is 54.9 Å². The molecule has 0 rings (SSSR count). The van der Waals surface area contributed by atoms with E-state index in [0.717, 1.165) is 6.42 Å². The lowest BCUT2D eigenvalue weighted by Crippen LogP contribution is -1.71. The van der Waals surface area contributed by atoms with Gasteiger partial charge in [0.1, 0.15) is 0 Å². The van der Waals surface area contributed by atoms with Crippen LogP contribution >= 0.6 is 0 Å². The molecule has 0 fully saturated rings. The smallest absolute Gasteiger partial charge is 0.0293 e. The van der Waals surface area contributed by atoms with Crippen LogP contribution in [0.2, 0.25) is 0 Å². The lowest BCUT2D eigenvalue weighted by atomic mass is 10.2. The summed E-state index contributed by atoms with van der Waals surface area (Å²) in [5.74, 6) is 0.648. The van der Waals surface area contributed by atoms with E-state index >= 15 is 0 Å². The third-order valence-corrected chi connectivity index (χ3v) is 1.65.